The predicted molar refractivity (Wildman–Crippen MR) is 108 cm³/mol. The van der Waals surface area contributed by atoms with Crippen LogP contribution in [-0.4, -0.2) is 43.2 Å². The third-order valence-electron chi connectivity index (χ3n) is 5.99. The molecule has 3 heterocycles. The molecule has 3 aliphatic rings. The van der Waals surface area contributed by atoms with E-state index < -0.39 is 0 Å². The van der Waals surface area contributed by atoms with Gasteiger partial charge in [0.25, 0.3) is 0 Å². The molecule has 2 atom stereocenters. The van der Waals surface area contributed by atoms with Gasteiger partial charge in [-0.15, -0.1) is 0 Å². The minimum atomic E-state index is -0.304. The average molecular weight is 364 g/mol. The Kier molecular flexibility index (Phi) is 5.44. The summed E-state index contributed by atoms with van der Waals surface area (Å²) in [7, 11) is 0. The number of benzene rings is 2. The Morgan fingerprint density at radius 3 is 2.48 bits per heavy atom. The largest absolute Gasteiger partial charge is 0.460 e. The Morgan fingerprint density at radius 1 is 1.11 bits per heavy atom. The molecule has 3 aliphatic heterocycles. The highest BCUT2D eigenvalue weighted by Crippen LogP contribution is 2.31. The second-order valence-electron chi connectivity index (χ2n) is 7.77. The van der Waals surface area contributed by atoms with E-state index in [0.29, 0.717) is 12.5 Å². The highest BCUT2D eigenvalue weighted by molar-refractivity contribution is 5.79. The van der Waals surface area contributed by atoms with Gasteiger partial charge >= 0.3 is 5.97 Å². The lowest BCUT2D eigenvalue weighted by Gasteiger charge is -2.44. The first-order valence-corrected chi connectivity index (χ1v) is 9.98. The van der Waals surface area contributed by atoms with Crippen LogP contribution >= 0.6 is 0 Å². The van der Waals surface area contributed by atoms with Crippen molar-refractivity contribution in [2.24, 2.45) is 5.92 Å². The number of rotatable bonds is 6. The molecular formula is C23H28N2O2. The van der Waals surface area contributed by atoms with E-state index in [1.54, 1.807) is 0 Å². The molecule has 0 saturated carbocycles. The summed E-state index contributed by atoms with van der Waals surface area (Å²) in [6, 6.07) is 18.1. The molecule has 0 radical (unpaired) electrons. The standard InChI is InChI=1S/C23H28N2O2/c1-17-7-5-6-10-21(17)24-15-20(18-8-3-2-4-9-18)23(26)27-22-16-25-13-11-19(22)12-14-25/h2-10,19-20,22,24H,11-16H2,1H3. The van der Waals surface area contributed by atoms with Crippen molar-refractivity contribution in [1.29, 1.82) is 0 Å². The number of nitrogens with zero attached hydrogens (tertiary/aromatic N) is 1. The maximum absolute atomic E-state index is 13.1. The van der Waals surface area contributed by atoms with Gasteiger partial charge in [0, 0.05) is 18.8 Å². The molecule has 5 rings (SSSR count). The molecule has 0 aromatic heterocycles. The first-order valence-electron chi connectivity index (χ1n) is 9.98. The summed E-state index contributed by atoms with van der Waals surface area (Å²) in [5.74, 6) is 0.113. The van der Waals surface area contributed by atoms with Gasteiger partial charge in [0.2, 0.25) is 0 Å². The van der Waals surface area contributed by atoms with Gasteiger partial charge in [-0.1, -0.05) is 48.5 Å². The van der Waals surface area contributed by atoms with E-state index in [4.69, 9.17) is 4.74 Å². The lowest BCUT2D eigenvalue weighted by molar-refractivity contribution is -0.160. The van der Waals surface area contributed by atoms with Gasteiger partial charge in [-0.3, -0.25) is 9.69 Å². The molecule has 4 heteroatoms. The average Bonchev–Trinajstić information content (AvgIpc) is 2.71. The van der Waals surface area contributed by atoms with Crippen molar-refractivity contribution in [2.45, 2.75) is 31.8 Å². The van der Waals surface area contributed by atoms with Crippen LogP contribution in [0.5, 0.6) is 0 Å². The van der Waals surface area contributed by atoms with Crippen LogP contribution in [0.2, 0.25) is 0 Å². The molecule has 2 aromatic carbocycles. The molecule has 0 aliphatic carbocycles. The number of esters is 1. The lowest BCUT2D eigenvalue weighted by Crippen LogP contribution is -2.52. The Balaban J connectivity index is 1.47. The van der Waals surface area contributed by atoms with E-state index in [2.05, 4.69) is 29.3 Å². The lowest BCUT2D eigenvalue weighted by atomic mass is 9.85. The second-order valence-corrected chi connectivity index (χ2v) is 7.77. The number of fused-ring (bicyclic) bond motifs is 3. The molecule has 2 bridgehead atoms. The second kappa shape index (κ2) is 8.13. The highest BCUT2D eigenvalue weighted by Gasteiger charge is 2.37. The number of para-hydroxylation sites is 1. The quantitative estimate of drug-likeness (QED) is 0.791. The van der Waals surface area contributed by atoms with Crippen molar-refractivity contribution in [3.8, 4) is 0 Å². The number of anilines is 1. The minimum absolute atomic E-state index is 0.0460. The number of piperidine rings is 3. The zero-order valence-corrected chi connectivity index (χ0v) is 15.9. The van der Waals surface area contributed by atoms with Crippen LogP contribution in [0.25, 0.3) is 0 Å². The summed E-state index contributed by atoms with van der Waals surface area (Å²) in [4.78, 5) is 15.5. The molecule has 3 saturated heterocycles. The summed E-state index contributed by atoms with van der Waals surface area (Å²) in [5.41, 5.74) is 3.24. The topological polar surface area (TPSA) is 41.6 Å². The number of aryl methyl sites for hydroxylation is 1. The van der Waals surface area contributed by atoms with Crippen LogP contribution in [0.3, 0.4) is 0 Å². The number of hydrogen-bond donors (Lipinski definition) is 1. The van der Waals surface area contributed by atoms with E-state index in [1.165, 1.54) is 5.56 Å². The molecule has 0 spiro atoms. The first-order chi connectivity index (χ1) is 13.2. The van der Waals surface area contributed by atoms with Crippen molar-refractivity contribution >= 4 is 11.7 Å². The van der Waals surface area contributed by atoms with Crippen LogP contribution in [0.4, 0.5) is 5.69 Å². The summed E-state index contributed by atoms with van der Waals surface area (Å²) in [6.45, 7) is 5.80. The third kappa shape index (κ3) is 4.16. The number of ether oxygens (including phenoxy) is 1. The summed E-state index contributed by atoms with van der Waals surface area (Å²) in [5, 5.41) is 3.45. The van der Waals surface area contributed by atoms with Gasteiger partial charge in [0.15, 0.2) is 0 Å². The van der Waals surface area contributed by atoms with Crippen LogP contribution in [0.15, 0.2) is 54.6 Å². The molecule has 27 heavy (non-hydrogen) atoms. The van der Waals surface area contributed by atoms with E-state index in [-0.39, 0.29) is 18.0 Å². The normalized spacial score (nSPS) is 25.0. The van der Waals surface area contributed by atoms with Crippen LogP contribution in [0, 0.1) is 12.8 Å². The summed E-state index contributed by atoms with van der Waals surface area (Å²) >= 11 is 0. The Bertz CT molecular complexity index is 769. The number of hydrogen-bond acceptors (Lipinski definition) is 4. The molecule has 0 amide bonds. The van der Waals surface area contributed by atoms with Gasteiger partial charge < -0.3 is 10.1 Å². The summed E-state index contributed by atoms with van der Waals surface area (Å²) in [6.07, 6.45) is 2.34. The fourth-order valence-corrected chi connectivity index (χ4v) is 4.28. The third-order valence-corrected chi connectivity index (χ3v) is 5.99. The van der Waals surface area contributed by atoms with Gasteiger partial charge in [-0.05, 0) is 56.0 Å². The van der Waals surface area contributed by atoms with Crippen molar-refractivity contribution in [3.05, 3.63) is 65.7 Å². The molecule has 3 fully saturated rings. The Hall–Kier alpha value is -2.33. The van der Waals surface area contributed by atoms with E-state index in [0.717, 1.165) is 43.7 Å². The number of carbonyl (C=O) groups excluding carboxylic acids is 1. The Morgan fingerprint density at radius 2 is 1.81 bits per heavy atom. The van der Waals surface area contributed by atoms with Crippen molar-refractivity contribution in [2.75, 3.05) is 31.5 Å². The molecular weight excluding hydrogens is 336 g/mol. The monoisotopic (exact) mass is 364 g/mol. The number of nitrogens with one attached hydrogen (secondary N) is 1. The number of carbonyl (C=O) groups is 1. The molecule has 2 aromatic rings. The maximum atomic E-state index is 13.1. The van der Waals surface area contributed by atoms with Crippen molar-refractivity contribution in [3.63, 3.8) is 0 Å². The van der Waals surface area contributed by atoms with Gasteiger partial charge in [-0.2, -0.15) is 0 Å². The summed E-state index contributed by atoms with van der Waals surface area (Å²) < 4.78 is 6.04. The van der Waals surface area contributed by atoms with Crippen LogP contribution in [0.1, 0.15) is 29.9 Å². The predicted octanol–water partition coefficient (Wildman–Crippen LogP) is 3.83. The Labute approximate surface area is 161 Å². The van der Waals surface area contributed by atoms with E-state index in [1.807, 2.05) is 42.5 Å². The molecule has 142 valence electrons. The highest BCUT2D eigenvalue weighted by atomic mass is 16.5. The first kappa shape index (κ1) is 18.1. The molecule has 2 unspecified atom stereocenters. The van der Waals surface area contributed by atoms with E-state index in [9.17, 15) is 4.79 Å². The molecule has 1 N–H and O–H groups in total. The van der Waals surface area contributed by atoms with Gasteiger partial charge in [0.1, 0.15) is 6.10 Å². The van der Waals surface area contributed by atoms with Gasteiger partial charge in [-0.25, -0.2) is 0 Å². The minimum Gasteiger partial charge on any atom is -0.460 e. The maximum Gasteiger partial charge on any atom is 0.315 e. The van der Waals surface area contributed by atoms with Crippen molar-refractivity contribution < 1.29 is 9.53 Å². The zero-order chi connectivity index (χ0) is 18.6. The van der Waals surface area contributed by atoms with Crippen molar-refractivity contribution in [1.82, 2.24) is 4.90 Å². The van der Waals surface area contributed by atoms with Gasteiger partial charge in [0.05, 0.1) is 5.92 Å². The van der Waals surface area contributed by atoms with Crippen LogP contribution < -0.4 is 5.32 Å². The smallest absolute Gasteiger partial charge is 0.315 e. The zero-order valence-electron chi connectivity index (χ0n) is 15.9. The fourth-order valence-electron chi connectivity index (χ4n) is 4.28. The molecule has 4 nitrogen and oxygen atoms in total. The fraction of sp³-hybridized carbons (Fsp3) is 0.435. The van der Waals surface area contributed by atoms with E-state index >= 15 is 0 Å². The SMILES string of the molecule is Cc1ccccc1NCC(C(=O)OC1CN2CCC1CC2)c1ccccc1. The van der Waals surface area contributed by atoms with Crippen LogP contribution in [-0.2, 0) is 9.53 Å².